The van der Waals surface area contributed by atoms with Crippen LogP contribution in [0.25, 0.3) is 0 Å². The van der Waals surface area contributed by atoms with Crippen LogP contribution in [-0.4, -0.2) is 32.0 Å². The first-order valence-electron chi connectivity index (χ1n) is 6.56. The highest BCUT2D eigenvalue weighted by atomic mass is 19.1. The van der Waals surface area contributed by atoms with Gasteiger partial charge in [0.1, 0.15) is 17.3 Å². The number of hydrogen-bond donors (Lipinski definition) is 3. The summed E-state index contributed by atoms with van der Waals surface area (Å²) in [6, 6.07) is 1.83. The topological polar surface area (TPSA) is 70.2 Å². The van der Waals surface area contributed by atoms with Crippen LogP contribution in [0.2, 0.25) is 0 Å². The average molecular weight is 299 g/mol. The molecule has 0 heterocycles. The van der Waals surface area contributed by atoms with Crippen LogP contribution in [0, 0.1) is 17.6 Å². The number of amides is 2. The molecule has 0 aliphatic carbocycles. The predicted molar refractivity (Wildman–Crippen MR) is 76.1 cm³/mol. The molecule has 0 aromatic heterocycles. The van der Waals surface area contributed by atoms with Crippen LogP contribution in [0.1, 0.15) is 24.2 Å². The molecule has 116 valence electrons. The van der Waals surface area contributed by atoms with E-state index in [0.717, 1.165) is 12.1 Å². The highest BCUT2D eigenvalue weighted by molar-refractivity contribution is 5.96. The highest BCUT2D eigenvalue weighted by Gasteiger charge is 2.15. The van der Waals surface area contributed by atoms with E-state index >= 15 is 0 Å². The van der Waals surface area contributed by atoms with E-state index < -0.39 is 17.5 Å². The van der Waals surface area contributed by atoms with E-state index in [-0.39, 0.29) is 23.7 Å². The molecule has 1 aromatic rings. The smallest absolute Gasteiger partial charge is 0.251 e. The molecule has 0 spiro atoms. The Bertz CT molecular complexity index is 510. The number of nitrogens with one attached hydrogen (secondary N) is 3. The minimum absolute atomic E-state index is 0.180. The lowest BCUT2D eigenvalue weighted by molar-refractivity contribution is -0.120. The Labute approximate surface area is 122 Å². The first-order chi connectivity index (χ1) is 9.85. The Kier molecular flexibility index (Phi) is 6.08. The van der Waals surface area contributed by atoms with Crippen molar-refractivity contribution < 1.29 is 18.4 Å². The molecule has 1 rings (SSSR count). The molecule has 0 atom stereocenters. The summed E-state index contributed by atoms with van der Waals surface area (Å²) in [6.07, 6.45) is 0. The van der Waals surface area contributed by atoms with Gasteiger partial charge in [0.05, 0.1) is 6.54 Å². The fraction of sp³-hybridized carbons (Fsp3) is 0.429. The van der Waals surface area contributed by atoms with Crippen LogP contribution in [0.15, 0.2) is 12.1 Å². The fourth-order valence-electron chi connectivity index (χ4n) is 1.59. The van der Waals surface area contributed by atoms with Gasteiger partial charge in [0.15, 0.2) is 0 Å². The van der Waals surface area contributed by atoms with Crippen LogP contribution >= 0.6 is 0 Å². The largest absolute Gasteiger partial charge is 0.383 e. The van der Waals surface area contributed by atoms with Gasteiger partial charge >= 0.3 is 0 Å². The van der Waals surface area contributed by atoms with Crippen LogP contribution in [0.4, 0.5) is 14.5 Å². The van der Waals surface area contributed by atoms with E-state index in [1.165, 1.54) is 7.05 Å². The first-order valence-corrected chi connectivity index (χ1v) is 6.56. The molecule has 7 heteroatoms. The Balaban J connectivity index is 2.62. The SMILES string of the molecule is CNc1c(F)cc(C(=O)NCC(=O)NCC(C)C)cc1F. The van der Waals surface area contributed by atoms with Crippen LogP contribution in [0.3, 0.4) is 0 Å². The number of rotatable bonds is 6. The highest BCUT2D eigenvalue weighted by Crippen LogP contribution is 2.19. The molecule has 1 aromatic carbocycles. The molecule has 3 N–H and O–H groups in total. The van der Waals surface area contributed by atoms with Gasteiger partial charge < -0.3 is 16.0 Å². The zero-order valence-electron chi connectivity index (χ0n) is 12.2. The second-order valence-electron chi connectivity index (χ2n) is 4.95. The monoisotopic (exact) mass is 299 g/mol. The summed E-state index contributed by atoms with van der Waals surface area (Å²) in [5.74, 6) is -2.51. The molecular formula is C14H19F2N3O2. The third-order valence-corrected chi connectivity index (χ3v) is 2.67. The standard InChI is InChI=1S/C14H19F2N3O2/c1-8(2)6-18-12(20)7-19-14(21)9-4-10(15)13(17-3)11(16)5-9/h4-5,8,17H,6-7H2,1-3H3,(H,18,20)(H,19,21). The molecule has 0 unspecified atom stereocenters. The fourth-order valence-corrected chi connectivity index (χ4v) is 1.59. The van der Waals surface area contributed by atoms with E-state index in [4.69, 9.17) is 0 Å². The second kappa shape index (κ2) is 7.56. The summed E-state index contributed by atoms with van der Waals surface area (Å²) in [4.78, 5) is 23.2. The van der Waals surface area contributed by atoms with Crippen molar-refractivity contribution in [1.29, 1.82) is 0 Å². The minimum Gasteiger partial charge on any atom is -0.383 e. The van der Waals surface area contributed by atoms with Crippen LogP contribution in [0.5, 0.6) is 0 Å². The Morgan fingerprint density at radius 3 is 2.19 bits per heavy atom. The maximum absolute atomic E-state index is 13.5. The Hall–Kier alpha value is -2.18. The molecule has 0 bridgehead atoms. The van der Waals surface area contributed by atoms with Crippen molar-refractivity contribution >= 4 is 17.5 Å². The molecule has 2 amide bonds. The third kappa shape index (κ3) is 5.02. The van der Waals surface area contributed by atoms with Crippen molar-refractivity contribution in [3.63, 3.8) is 0 Å². The number of carbonyl (C=O) groups is 2. The van der Waals surface area contributed by atoms with Crippen LogP contribution in [-0.2, 0) is 4.79 Å². The van der Waals surface area contributed by atoms with Gasteiger partial charge in [-0.1, -0.05) is 13.8 Å². The zero-order chi connectivity index (χ0) is 16.0. The van der Waals surface area contributed by atoms with Crippen molar-refractivity contribution in [2.24, 2.45) is 5.92 Å². The van der Waals surface area contributed by atoms with Crippen molar-refractivity contribution in [2.75, 3.05) is 25.5 Å². The number of halogens is 2. The molecule has 0 radical (unpaired) electrons. The minimum atomic E-state index is -0.869. The van der Waals surface area contributed by atoms with Gasteiger partial charge in [-0.15, -0.1) is 0 Å². The van der Waals surface area contributed by atoms with Crippen molar-refractivity contribution in [1.82, 2.24) is 10.6 Å². The van der Waals surface area contributed by atoms with Gasteiger partial charge in [0.25, 0.3) is 5.91 Å². The molecule has 5 nitrogen and oxygen atoms in total. The quantitative estimate of drug-likeness (QED) is 0.745. The van der Waals surface area contributed by atoms with Gasteiger partial charge in [0, 0.05) is 19.2 Å². The summed E-state index contributed by atoms with van der Waals surface area (Å²) in [5, 5.41) is 7.29. The molecule has 0 saturated heterocycles. The first kappa shape index (κ1) is 16.9. The summed E-state index contributed by atoms with van der Waals surface area (Å²) in [5.41, 5.74) is -0.484. The van der Waals surface area contributed by atoms with E-state index in [1.54, 1.807) is 0 Å². The molecule has 0 aliphatic rings. The third-order valence-electron chi connectivity index (χ3n) is 2.67. The van der Waals surface area contributed by atoms with Crippen molar-refractivity contribution in [3.8, 4) is 0 Å². The number of anilines is 1. The lowest BCUT2D eigenvalue weighted by atomic mass is 10.1. The van der Waals surface area contributed by atoms with Crippen LogP contribution < -0.4 is 16.0 Å². The summed E-state index contributed by atoms with van der Waals surface area (Å²) in [7, 11) is 1.38. The second-order valence-corrected chi connectivity index (χ2v) is 4.95. The molecule has 0 saturated carbocycles. The molecule has 21 heavy (non-hydrogen) atoms. The summed E-state index contributed by atoms with van der Waals surface area (Å²) >= 11 is 0. The molecule has 0 aliphatic heterocycles. The van der Waals surface area contributed by atoms with E-state index in [0.29, 0.717) is 12.5 Å². The van der Waals surface area contributed by atoms with E-state index in [1.807, 2.05) is 13.8 Å². The van der Waals surface area contributed by atoms with Crippen molar-refractivity contribution in [3.05, 3.63) is 29.3 Å². The predicted octanol–water partition coefficient (Wildman–Crippen LogP) is 1.51. The van der Waals surface area contributed by atoms with Crippen molar-refractivity contribution in [2.45, 2.75) is 13.8 Å². The summed E-state index contributed by atoms with van der Waals surface area (Å²) < 4.78 is 27.0. The van der Waals surface area contributed by atoms with E-state index in [9.17, 15) is 18.4 Å². The molecule has 0 fully saturated rings. The van der Waals surface area contributed by atoms with Gasteiger partial charge in [-0.25, -0.2) is 8.78 Å². The Morgan fingerprint density at radius 1 is 1.14 bits per heavy atom. The number of hydrogen-bond acceptors (Lipinski definition) is 3. The van der Waals surface area contributed by atoms with Gasteiger partial charge in [-0.05, 0) is 18.1 Å². The Morgan fingerprint density at radius 2 is 1.71 bits per heavy atom. The number of benzene rings is 1. The van der Waals surface area contributed by atoms with Gasteiger partial charge in [-0.3, -0.25) is 9.59 Å². The normalized spacial score (nSPS) is 10.4. The maximum atomic E-state index is 13.5. The summed E-state index contributed by atoms with van der Waals surface area (Å²) in [6.45, 7) is 4.12. The molecular weight excluding hydrogens is 280 g/mol. The maximum Gasteiger partial charge on any atom is 0.251 e. The van der Waals surface area contributed by atoms with Gasteiger partial charge in [0.2, 0.25) is 5.91 Å². The lowest BCUT2D eigenvalue weighted by Gasteiger charge is -2.10. The number of carbonyl (C=O) groups excluding carboxylic acids is 2. The zero-order valence-corrected chi connectivity index (χ0v) is 12.2. The average Bonchev–Trinajstić information content (AvgIpc) is 2.42. The lowest BCUT2D eigenvalue weighted by Crippen LogP contribution is -2.38. The van der Waals surface area contributed by atoms with E-state index in [2.05, 4.69) is 16.0 Å². The van der Waals surface area contributed by atoms with Gasteiger partial charge in [-0.2, -0.15) is 0 Å².